The van der Waals surface area contributed by atoms with Gasteiger partial charge in [-0.3, -0.25) is 0 Å². The normalized spacial score (nSPS) is 11.9. The van der Waals surface area contributed by atoms with Crippen LogP contribution in [0.2, 0.25) is 0 Å². The highest BCUT2D eigenvalue weighted by atomic mass is 32.1. The number of rotatable bonds is 11. The fourth-order valence-corrected chi connectivity index (χ4v) is 6.23. The van der Waals surface area contributed by atoms with Crippen LogP contribution in [0.4, 0.5) is 0 Å². The minimum absolute atomic E-state index is 0.252. The number of carboxylic acid groups (broad SMARTS) is 1. The molecule has 1 N–H and O–H groups in total. The molecule has 0 bridgehead atoms. The molecule has 0 saturated carbocycles. The molecule has 4 nitrogen and oxygen atoms in total. The Morgan fingerprint density at radius 3 is 2.32 bits per heavy atom. The van der Waals surface area contributed by atoms with Crippen LogP contribution in [0.5, 0.6) is 0 Å². The summed E-state index contributed by atoms with van der Waals surface area (Å²) in [7, 11) is 0. The Bertz CT molecular complexity index is 1250. The zero-order chi connectivity index (χ0) is 24.7. The zero-order valence-corrected chi connectivity index (χ0v) is 22.0. The van der Waals surface area contributed by atoms with Crippen LogP contribution in [-0.2, 0) is 17.8 Å². The van der Waals surface area contributed by atoms with Gasteiger partial charge in [0.2, 0.25) is 0 Å². The van der Waals surface area contributed by atoms with Gasteiger partial charge in [-0.05, 0) is 80.3 Å². The minimum Gasteiger partial charge on any atom is -0.477 e. The lowest BCUT2D eigenvalue weighted by molar-refractivity contribution is -0.132. The van der Waals surface area contributed by atoms with E-state index < -0.39 is 5.97 Å². The van der Waals surface area contributed by atoms with Crippen molar-refractivity contribution in [3.05, 3.63) is 62.1 Å². The highest BCUT2D eigenvalue weighted by Crippen LogP contribution is 2.35. The molecular weight excluding hydrogens is 460 g/mol. The molecule has 3 heterocycles. The van der Waals surface area contributed by atoms with Gasteiger partial charge in [0.05, 0.1) is 0 Å². The van der Waals surface area contributed by atoms with E-state index in [9.17, 15) is 4.79 Å². The standard InChI is InChI=1S/C28H32N2O2S2/c1-5-7-8-9-16-30-20(4)24(6-2)19(3)25(30)13-10-22-11-14-26(33-22)27-15-12-23(34-27)17-21(18-29)28(31)32/h10-15,17H,5-9,16H2,1-4H3,(H,31,32)/b13-10+,21-17-. The average Bonchev–Trinajstić information content (AvgIpc) is 3.52. The molecule has 0 aliphatic rings. The maximum Gasteiger partial charge on any atom is 0.346 e. The molecule has 0 radical (unpaired) electrons. The van der Waals surface area contributed by atoms with E-state index in [1.165, 1.54) is 70.5 Å². The molecule has 0 amide bonds. The molecule has 6 heteroatoms. The van der Waals surface area contributed by atoms with Crippen molar-refractivity contribution in [1.82, 2.24) is 4.57 Å². The van der Waals surface area contributed by atoms with Crippen molar-refractivity contribution in [3.8, 4) is 15.8 Å². The van der Waals surface area contributed by atoms with Crippen LogP contribution in [0, 0.1) is 25.2 Å². The number of aliphatic carboxylic acids is 1. The molecule has 0 aliphatic heterocycles. The van der Waals surface area contributed by atoms with E-state index in [0.717, 1.165) is 27.6 Å². The van der Waals surface area contributed by atoms with Crippen LogP contribution in [-0.4, -0.2) is 15.6 Å². The lowest BCUT2D eigenvalue weighted by Gasteiger charge is -2.10. The van der Waals surface area contributed by atoms with E-state index in [1.54, 1.807) is 17.4 Å². The second-order valence-electron chi connectivity index (χ2n) is 8.35. The van der Waals surface area contributed by atoms with Gasteiger partial charge in [0.25, 0.3) is 0 Å². The van der Waals surface area contributed by atoms with Crippen LogP contribution in [0.15, 0.2) is 29.8 Å². The Labute approximate surface area is 210 Å². The summed E-state index contributed by atoms with van der Waals surface area (Å²) in [5, 5.41) is 18.0. The molecule has 0 unspecified atom stereocenters. The van der Waals surface area contributed by atoms with Crippen molar-refractivity contribution < 1.29 is 9.90 Å². The third-order valence-corrected chi connectivity index (χ3v) is 8.38. The summed E-state index contributed by atoms with van der Waals surface area (Å²) in [5.41, 5.74) is 5.28. The smallest absolute Gasteiger partial charge is 0.346 e. The first-order valence-electron chi connectivity index (χ1n) is 11.8. The van der Waals surface area contributed by atoms with Gasteiger partial charge < -0.3 is 9.67 Å². The van der Waals surface area contributed by atoms with Gasteiger partial charge in [0, 0.05) is 37.4 Å². The number of thiophene rings is 2. The summed E-state index contributed by atoms with van der Waals surface area (Å²) in [4.78, 5) is 15.2. The third-order valence-electron chi connectivity index (χ3n) is 6.10. The van der Waals surface area contributed by atoms with Crippen molar-refractivity contribution in [2.24, 2.45) is 0 Å². The highest BCUT2D eigenvalue weighted by molar-refractivity contribution is 7.23. The Kier molecular flexibility index (Phi) is 9.09. The van der Waals surface area contributed by atoms with Gasteiger partial charge in [-0.15, -0.1) is 22.7 Å². The topological polar surface area (TPSA) is 66.0 Å². The number of unbranched alkanes of at least 4 members (excludes halogenated alkanes) is 3. The summed E-state index contributed by atoms with van der Waals surface area (Å²) >= 11 is 3.21. The molecule has 178 valence electrons. The summed E-state index contributed by atoms with van der Waals surface area (Å²) in [6.07, 6.45) is 11.9. The number of hydrogen-bond acceptors (Lipinski definition) is 4. The van der Waals surface area contributed by atoms with Crippen LogP contribution in [0.25, 0.3) is 28.0 Å². The van der Waals surface area contributed by atoms with E-state index in [4.69, 9.17) is 10.4 Å². The molecule has 34 heavy (non-hydrogen) atoms. The third kappa shape index (κ3) is 5.97. The van der Waals surface area contributed by atoms with Gasteiger partial charge in [-0.1, -0.05) is 33.1 Å². The largest absolute Gasteiger partial charge is 0.477 e. The van der Waals surface area contributed by atoms with E-state index in [1.807, 2.05) is 12.1 Å². The molecule has 0 spiro atoms. The lowest BCUT2D eigenvalue weighted by Crippen LogP contribution is -2.03. The number of carboxylic acids is 1. The Morgan fingerprint density at radius 2 is 1.71 bits per heavy atom. The minimum atomic E-state index is -1.20. The van der Waals surface area contributed by atoms with Gasteiger partial charge >= 0.3 is 5.97 Å². The molecule has 3 aromatic rings. The van der Waals surface area contributed by atoms with Crippen LogP contribution >= 0.6 is 22.7 Å². The summed E-state index contributed by atoms with van der Waals surface area (Å²) < 4.78 is 2.49. The van der Waals surface area contributed by atoms with Crippen molar-refractivity contribution in [1.29, 1.82) is 5.26 Å². The molecule has 3 rings (SSSR count). The quantitative estimate of drug-likeness (QED) is 0.167. The van der Waals surface area contributed by atoms with E-state index in [0.29, 0.717) is 0 Å². The first-order valence-corrected chi connectivity index (χ1v) is 13.4. The lowest BCUT2D eigenvalue weighted by atomic mass is 10.1. The predicted octanol–water partition coefficient (Wildman–Crippen LogP) is 8.20. The number of nitrogens with zero attached hydrogens (tertiary/aromatic N) is 2. The van der Waals surface area contributed by atoms with E-state index >= 15 is 0 Å². The number of hydrogen-bond donors (Lipinski definition) is 1. The fraction of sp³-hybridized carbons (Fsp3) is 0.357. The van der Waals surface area contributed by atoms with Crippen LogP contribution in [0.1, 0.15) is 71.8 Å². The summed E-state index contributed by atoms with van der Waals surface area (Å²) in [5.74, 6) is -1.20. The van der Waals surface area contributed by atoms with Crippen molar-refractivity contribution in [2.75, 3.05) is 0 Å². The van der Waals surface area contributed by atoms with E-state index in [2.05, 4.69) is 56.5 Å². The van der Waals surface area contributed by atoms with Crippen LogP contribution < -0.4 is 0 Å². The first kappa shape index (κ1) is 25.7. The number of carbonyl (C=O) groups is 1. The molecule has 0 fully saturated rings. The second kappa shape index (κ2) is 12.0. The molecule has 0 saturated heterocycles. The molecule has 0 aliphatic carbocycles. The Hall–Kier alpha value is -2.88. The van der Waals surface area contributed by atoms with Gasteiger partial charge in [0.1, 0.15) is 11.6 Å². The Morgan fingerprint density at radius 1 is 1.03 bits per heavy atom. The SMILES string of the molecule is CCCCCCn1c(C)c(CC)c(C)c1/C=C/c1ccc(-c2ccc(/C=C(/C#N)C(=O)O)s2)s1. The number of nitriles is 1. The fourth-order valence-electron chi connectivity index (χ4n) is 4.28. The van der Waals surface area contributed by atoms with Gasteiger partial charge in [-0.25, -0.2) is 4.79 Å². The highest BCUT2D eigenvalue weighted by Gasteiger charge is 2.14. The number of aromatic nitrogens is 1. The molecule has 0 aromatic carbocycles. The van der Waals surface area contributed by atoms with Crippen molar-refractivity contribution >= 4 is 46.9 Å². The average molecular weight is 493 g/mol. The van der Waals surface area contributed by atoms with Crippen LogP contribution in [0.3, 0.4) is 0 Å². The summed E-state index contributed by atoms with van der Waals surface area (Å²) in [6.45, 7) is 10.0. The van der Waals surface area contributed by atoms with Gasteiger partial charge in [-0.2, -0.15) is 5.26 Å². The molecule has 3 aromatic heterocycles. The first-order chi connectivity index (χ1) is 16.4. The maximum absolute atomic E-state index is 11.1. The maximum atomic E-state index is 11.1. The molecular formula is C28H32N2O2S2. The Balaban J connectivity index is 1.82. The van der Waals surface area contributed by atoms with Crippen molar-refractivity contribution in [2.45, 2.75) is 66.3 Å². The predicted molar refractivity (Wildman–Crippen MR) is 145 cm³/mol. The van der Waals surface area contributed by atoms with Crippen molar-refractivity contribution in [3.63, 3.8) is 0 Å². The van der Waals surface area contributed by atoms with Gasteiger partial charge in [0.15, 0.2) is 0 Å². The van der Waals surface area contributed by atoms with E-state index in [-0.39, 0.29) is 5.57 Å². The second-order valence-corrected chi connectivity index (χ2v) is 10.6. The monoisotopic (exact) mass is 492 g/mol. The zero-order valence-electron chi connectivity index (χ0n) is 20.4. The summed E-state index contributed by atoms with van der Waals surface area (Å²) in [6, 6.07) is 9.80. The molecule has 0 atom stereocenters.